The van der Waals surface area contributed by atoms with Crippen LogP contribution in [0.15, 0.2) is 47.4 Å². The van der Waals surface area contributed by atoms with Gasteiger partial charge in [-0.15, -0.1) is 0 Å². The molecule has 0 spiro atoms. The standard InChI is InChI=1S/C20H20FN3O4/c21-14-5-3-12(4-6-14)10-20(27,28)7-1-2-13-8-17-16(23-11-13)9-15(18(22)25)19(26)24-17/h3-6,8-9,11,27-28H,1-2,7,10H2,(H2,22,25)(H,24,26). The molecule has 8 heteroatoms. The lowest BCUT2D eigenvalue weighted by molar-refractivity contribution is -0.164. The number of hydrogen-bond acceptors (Lipinski definition) is 5. The van der Waals surface area contributed by atoms with Crippen LogP contribution in [0, 0.1) is 5.82 Å². The Morgan fingerprint density at radius 2 is 1.89 bits per heavy atom. The summed E-state index contributed by atoms with van der Waals surface area (Å²) in [5.41, 5.74) is 6.75. The molecular weight excluding hydrogens is 365 g/mol. The number of aromatic nitrogens is 2. The molecule has 0 aliphatic heterocycles. The highest BCUT2D eigenvalue weighted by Gasteiger charge is 2.23. The average molecular weight is 385 g/mol. The molecule has 0 aliphatic carbocycles. The highest BCUT2D eigenvalue weighted by atomic mass is 19.1. The SMILES string of the molecule is NC(=O)c1cc2ncc(CCCC(O)(O)Cc3ccc(F)cc3)cc2[nH]c1=O. The molecule has 1 amide bonds. The summed E-state index contributed by atoms with van der Waals surface area (Å²) in [7, 11) is 0. The van der Waals surface area contributed by atoms with Gasteiger partial charge in [-0.05, 0) is 48.2 Å². The Morgan fingerprint density at radius 3 is 2.57 bits per heavy atom. The summed E-state index contributed by atoms with van der Waals surface area (Å²) in [5.74, 6) is -3.11. The van der Waals surface area contributed by atoms with Crippen LogP contribution in [0.3, 0.4) is 0 Å². The van der Waals surface area contributed by atoms with Gasteiger partial charge in [0.25, 0.3) is 11.5 Å². The minimum atomic E-state index is -1.91. The van der Waals surface area contributed by atoms with E-state index in [2.05, 4.69) is 9.97 Å². The van der Waals surface area contributed by atoms with Crippen molar-refractivity contribution in [2.45, 2.75) is 31.5 Å². The lowest BCUT2D eigenvalue weighted by Crippen LogP contribution is -2.31. The van der Waals surface area contributed by atoms with E-state index in [1.54, 1.807) is 12.3 Å². The number of H-pyrrole nitrogens is 1. The summed E-state index contributed by atoms with van der Waals surface area (Å²) in [6.07, 6.45) is 2.67. The van der Waals surface area contributed by atoms with Crippen LogP contribution in [-0.2, 0) is 12.8 Å². The second-order valence-electron chi connectivity index (χ2n) is 6.79. The minimum absolute atomic E-state index is 0.00748. The molecular formula is C20H20FN3O4. The summed E-state index contributed by atoms with van der Waals surface area (Å²) in [4.78, 5) is 29.9. The largest absolute Gasteiger partial charge is 0.365 e. The number of carbonyl (C=O) groups excluding carboxylic acids is 1. The first kappa shape index (κ1) is 19.7. The van der Waals surface area contributed by atoms with Crippen molar-refractivity contribution in [1.29, 1.82) is 0 Å². The highest BCUT2D eigenvalue weighted by molar-refractivity contribution is 5.95. The van der Waals surface area contributed by atoms with Crippen LogP contribution < -0.4 is 11.3 Å². The van der Waals surface area contributed by atoms with Crippen LogP contribution in [0.1, 0.15) is 34.3 Å². The third-order valence-electron chi connectivity index (χ3n) is 4.46. The average Bonchev–Trinajstić information content (AvgIpc) is 2.62. The normalized spacial score (nSPS) is 11.7. The van der Waals surface area contributed by atoms with Gasteiger partial charge >= 0.3 is 0 Å². The first-order valence-corrected chi connectivity index (χ1v) is 8.74. The van der Waals surface area contributed by atoms with E-state index in [0.717, 1.165) is 5.56 Å². The van der Waals surface area contributed by atoms with Crippen molar-refractivity contribution in [2.24, 2.45) is 5.73 Å². The molecule has 2 heterocycles. The topological polar surface area (TPSA) is 129 Å². The summed E-state index contributed by atoms with van der Waals surface area (Å²) in [6.45, 7) is 0. The summed E-state index contributed by atoms with van der Waals surface area (Å²) < 4.78 is 12.9. The minimum Gasteiger partial charge on any atom is -0.365 e. The highest BCUT2D eigenvalue weighted by Crippen LogP contribution is 2.19. The predicted molar refractivity (Wildman–Crippen MR) is 101 cm³/mol. The molecule has 0 saturated heterocycles. The van der Waals surface area contributed by atoms with Crippen molar-refractivity contribution in [3.8, 4) is 0 Å². The summed E-state index contributed by atoms with van der Waals surface area (Å²) >= 11 is 0. The smallest absolute Gasteiger partial charge is 0.261 e. The fourth-order valence-electron chi connectivity index (χ4n) is 3.04. The van der Waals surface area contributed by atoms with E-state index >= 15 is 0 Å². The van der Waals surface area contributed by atoms with Crippen molar-refractivity contribution in [2.75, 3.05) is 0 Å². The fraction of sp³-hybridized carbons (Fsp3) is 0.250. The maximum Gasteiger partial charge on any atom is 0.261 e. The van der Waals surface area contributed by atoms with Crippen LogP contribution >= 0.6 is 0 Å². The van der Waals surface area contributed by atoms with Crippen molar-refractivity contribution < 1.29 is 19.4 Å². The van der Waals surface area contributed by atoms with Gasteiger partial charge in [0, 0.05) is 19.0 Å². The molecule has 3 rings (SSSR count). The molecule has 7 nitrogen and oxygen atoms in total. The number of aryl methyl sites for hydroxylation is 1. The molecule has 0 aliphatic rings. The van der Waals surface area contributed by atoms with E-state index in [4.69, 9.17) is 5.73 Å². The number of benzene rings is 1. The first-order chi connectivity index (χ1) is 13.2. The number of nitrogens with one attached hydrogen (secondary N) is 1. The molecule has 0 unspecified atom stereocenters. The lowest BCUT2D eigenvalue weighted by atomic mass is 9.98. The second kappa shape index (κ2) is 7.87. The van der Waals surface area contributed by atoms with Crippen LogP contribution in [0.2, 0.25) is 0 Å². The number of fused-ring (bicyclic) bond motifs is 1. The van der Waals surface area contributed by atoms with E-state index in [9.17, 15) is 24.2 Å². The predicted octanol–water partition coefficient (Wildman–Crippen LogP) is 1.41. The molecule has 3 aromatic rings. The molecule has 0 atom stereocenters. The van der Waals surface area contributed by atoms with Gasteiger partial charge in [0.15, 0.2) is 5.79 Å². The Bertz CT molecular complexity index is 1060. The number of nitrogens with zero attached hydrogens (tertiary/aromatic N) is 1. The molecule has 0 radical (unpaired) electrons. The Labute approximate surface area is 159 Å². The molecule has 28 heavy (non-hydrogen) atoms. The number of amides is 1. The fourth-order valence-corrected chi connectivity index (χ4v) is 3.04. The summed E-state index contributed by atoms with van der Waals surface area (Å²) in [5, 5.41) is 20.3. The Hall–Kier alpha value is -3.10. The maximum absolute atomic E-state index is 12.9. The molecule has 5 N–H and O–H groups in total. The number of rotatable bonds is 7. The molecule has 2 aromatic heterocycles. The number of aliphatic hydroxyl groups is 2. The van der Waals surface area contributed by atoms with Crippen LogP contribution in [0.5, 0.6) is 0 Å². The van der Waals surface area contributed by atoms with Gasteiger partial charge in [-0.3, -0.25) is 14.6 Å². The summed E-state index contributed by atoms with van der Waals surface area (Å²) in [6, 6.07) is 8.65. The van der Waals surface area contributed by atoms with E-state index in [1.165, 1.54) is 30.3 Å². The molecule has 0 fully saturated rings. The molecule has 1 aromatic carbocycles. The van der Waals surface area contributed by atoms with E-state index in [1.807, 2.05) is 0 Å². The van der Waals surface area contributed by atoms with Gasteiger partial charge in [0.05, 0.1) is 11.0 Å². The van der Waals surface area contributed by atoms with Crippen LogP contribution in [-0.4, -0.2) is 31.9 Å². The third kappa shape index (κ3) is 4.79. The van der Waals surface area contributed by atoms with Crippen molar-refractivity contribution in [1.82, 2.24) is 9.97 Å². The molecule has 146 valence electrons. The van der Waals surface area contributed by atoms with Gasteiger partial charge in [0.2, 0.25) is 0 Å². The van der Waals surface area contributed by atoms with E-state index in [0.29, 0.717) is 29.4 Å². The number of halogens is 1. The maximum atomic E-state index is 12.9. The number of aromatic amines is 1. The third-order valence-corrected chi connectivity index (χ3v) is 4.46. The zero-order valence-electron chi connectivity index (χ0n) is 15.0. The zero-order chi connectivity index (χ0) is 20.3. The van der Waals surface area contributed by atoms with Crippen molar-refractivity contribution in [3.63, 3.8) is 0 Å². The van der Waals surface area contributed by atoms with E-state index < -0.39 is 17.3 Å². The van der Waals surface area contributed by atoms with Gasteiger partial charge in [0.1, 0.15) is 11.4 Å². The number of hydrogen-bond donors (Lipinski definition) is 4. The Morgan fingerprint density at radius 1 is 1.18 bits per heavy atom. The quantitative estimate of drug-likeness (QED) is 0.457. The number of primary amides is 1. The number of nitrogens with two attached hydrogens (primary N) is 1. The van der Waals surface area contributed by atoms with E-state index in [-0.39, 0.29) is 24.2 Å². The first-order valence-electron chi connectivity index (χ1n) is 8.74. The number of carbonyl (C=O) groups is 1. The van der Waals surface area contributed by atoms with Crippen LogP contribution in [0.25, 0.3) is 11.0 Å². The van der Waals surface area contributed by atoms with Gasteiger partial charge < -0.3 is 20.9 Å². The molecule has 0 saturated carbocycles. The van der Waals surface area contributed by atoms with Gasteiger partial charge in [-0.2, -0.15) is 0 Å². The van der Waals surface area contributed by atoms with Gasteiger partial charge in [-0.25, -0.2) is 4.39 Å². The van der Waals surface area contributed by atoms with Crippen molar-refractivity contribution >= 4 is 16.9 Å². The van der Waals surface area contributed by atoms with Crippen molar-refractivity contribution in [3.05, 3.63) is 75.5 Å². The Balaban J connectivity index is 1.64. The zero-order valence-corrected chi connectivity index (χ0v) is 15.0. The molecule has 0 bridgehead atoms. The Kier molecular flexibility index (Phi) is 5.53. The number of pyridine rings is 2. The van der Waals surface area contributed by atoms with Gasteiger partial charge in [-0.1, -0.05) is 12.1 Å². The van der Waals surface area contributed by atoms with Crippen LogP contribution in [0.4, 0.5) is 4.39 Å². The monoisotopic (exact) mass is 385 g/mol. The second-order valence-corrected chi connectivity index (χ2v) is 6.79. The lowest BCUT2D eigenvalue weighted by Gasteiger charge is -2.22.